The maximum absolute atomic E-state index is 10.2. The van der Waals surface area contributed by atoms with Crippen LogP contribution in [0.1, 0.15) is 20.7 Å². The van der Waals surface area contributed by atoms with E-state index in [0.717, 1.165) is 24.3 Å². The SMILES string of the molecule is O=C([O-])c1cc(O)ccc1O.O=C([O-])c1cc(O)ccc1O.[Ca+2]. The molecule has 0 heterocycles. The molecule has 4 N–H and O–H groups in total. The number of aromatic carboxylic acids is 2. The van der Waals surface area contributed by atoms with Gasteiger partial charge >= 0.3 is 37.7 Å². The number of phenolic OH excluding ortho intramolecular Hbond substituents is 2. The molecule has 9 heteroatoms. The predicted molar refractivity (Wildman–Crippen MR) is 74.0 cm³/mol. The maximum Gasteiger partial charge on any atom is 2.00 e. The Morgan fingerprint density at radius 1 is 0.696 bits per heavy atom. The summed E-state index contributed by atoms with van der Waals surface area (Å²) in [6.45, 7) is 0. The molecule has 0 radical (unpaired) electrons. The second kappa shape index (κ2) is 9.09. The summed E-state index contributed by atoms with van der Waals surface area (Å²) >= 11 is 0. The van der Waals surface area contributed by atoms with Gasteiger partial charge in [-0.3, -0.25) is 0 Å². The van der Waals surface area contributed by atoms with Crippen molar-refractivity contribution in [1.82, 2.24) is 0 Å². The number of carboxylic acids is 2. The smallest absolute Gasteiger partial charge is 0.545 e. The number of aromatic hydroxyl groups is 4. The minimum Gasteiger partial charge on any atom is -0.545 e. The average molecular weight is 346 g/mol. The monoisotopic (exact) mass is 346 g/mol. The molecule has 2 aromatic carbocycles. The molecule has 0 saturated heterocycles. The predicted octanol–water partition coefficient (Wildman–Crippen LogP) is -1.46. The number of carbonyl (C=O) groups is 2. The van der Waals surface area contributed by atoms with Gasteiger partial charge in [0.1, 0.15) is 23.0 Å². The van der Waals surface area contributed by atoms with Crippen molar-refractivity contribution in [2.75, 3.05) is 0 Å². The van der Waals surface area contributed by atoms with Crippen LogP contribution in [0.3, 0.4) is 0 Å². The molecular formula is C14H10CaO8. The minimum atomic E-state index is -1.52. The van der Waals surface area contributed by atoms with Crippen LogP contribution in [-0.2, 0) is 0 Å². The molecule has 23 heavy (non-hydrogen) atoms. The molecule has 0 fully saturated rings. The van der Waals surface area contributed by atoms with E-state index in [1.807, 2.05) is 0 Å². The van der Waals surface area contributed by atoms with Crippen molar-refractivity contribution in [3.05, 3.63) is 47.5 Å². The van der Waals surface area contributed by atoms with Gasteiger partial charge in [0.15, 0.2) is 0 Å². The molecule has 0 aliphatic heterocycles. The van der Waals surface area contributed by atoms with E-state index in [4.69, 9.17) is 20.4 Å². The Kier molecular flexibility index (Phi) is 8.23. The van der Waals surface area contributed by atoms with Crippen molar-refractivity contribution in [3.63, 3.8) is 0 Å². The maximum atomic E-state index is 10.2. The largest absolute Gasteiger partial charge is 2.00 e. The fraction of sp³-hybridized carbons (Fsp3) is 0. The molecule has 0 saturated carbocycles. The van der Waals surface area contributed by atoms with E-state index in [9.17, 15) is 19.8 Å². The molecular weight excluding hydrogens is 336 g/mol. The molecule has 0 amide bonds. The molecule has 2 aromatic rings. The van der Waals surface area contributed by atoms with Crippen molar-refractivity contribution in [2.24, 2.45) is 0 Å². The number of carbonyl (C=O) groups excluding carboxylic acids is 2. The minimum absolute atomic E-state index is 0. The number of hydrogen-bond acceptors (Lipinski definition) is 8. The molecule has 0 spiro atoms. The Morgan fingerprint density at radius 3 is 1.22 bits per heavy atom. The topological polar surface area (TPSA) is 161 Å². The second-order valence-electron chi connectivity index (χ2n) is 3.98. The number of benzene rings is 2. The third-order valence-electron chi connectivity index (χ3n) is 2.40. The second-order valence-corrected chi connectivity index (χ2v) is 3.98. The van der Waals surface area contributed by atoms with Crippen LogP contribution in [0.2, 0.25) is 0 Å². The van der Waals surface area contributed by atoms with E-state index in [0.29, 0.717) is 0 Å². The van der Waals surface area contributed by atoms with Gasteiger partial charge in [-0.25, -0.2) is 0 Å². The summed E-state index contributed by atoms with van der Waals surface area (Å²) in [5.74, 6) is -4.30. The van der Waals surface area contributed by atoms with Gasteiger partial charge in [0.05, 0.1) is 11.9 Å². The van der Waals surface area contributed by atoms with Crippen LogP contribution in [0.4, 0.5) is 0 Å². The zero-order valence-corrected chi connectivity index (χ0v) is 13.8. The van der Waals surface area contributed by atoms with Crippen LogP contribution in [0, 0.1) is 0 Å². The van der Waals surface area contributed by atoms with Crippen LogP contribution in [0.5, 0.6) is 23.0 Å². The molecule has 2 rings (SSSR count). The van der Waals surface area contributed by atoms with Crippen molar-refractivity contribution >= 4 is 49.7 Å². The van der Waals surface area contributed by atoms with Crippen molar-refractivity contribution in [1.29, 1.82) is 0 Å². The normalized spacial score (nSPS) is 9.04. The number of hydrogen-bond donors (Lipinski definition) is 4. The number of carboxylic acid groups (broad SMARTS) is 2. The first kappa shape index (κ1) is 20.8. The van der Waals surface area contributed by atoms with Gasteiger partial charge in [-0.1, -0.05) is 0 Å². The Balaban J connectivity index is 0.000000403. The van der Waals surface area contributed by atoms with E-state index >= 15 is 0 Å². The summed E-state index contributed by atoms with van der Waals surface area (Å²) in [6.07, 6.45) is 0. The van der Waals surface area contributed by atoms with Gasteiger partial charge in [0.25, 0.3) is 0 Å². The van der Waals surface area contributed by atoms with Gasteiger partial charge in [-0.2, -0.15) is 0 Å². The molecule has 0 atom stereocenters. The molecule has 0 aliphatic rings. The zero-order valence-electron chi connectivity index (χ0n) is 11.6. The number of rotatable bonds is 2. The first-order valence-electron chi connectivity index (χ1n) is 5.69. The Morgan fingerprint density at radius 2 is 1.00 bits per heavy atom. The summed E-state index contributed by atoms with van der Waals surface area (Å²) in [7, 11) is 0. The van der Waals surface area contributed by atoms with Gasteiger partial charge in [0.2, 0.25) is 0 Å². The Bertz CT molecular complexity index is 652. The zero-order chi connectivity index (χ0) is 16.9. The fourth-order valence-electron chi connectivity index (χ4n) is 1.38. The van der Waals surface area contributed by atoms with Crippen LogP contribution >= 0.6 is 0 Å². The van der Waals surface area contributed by atoms with Gasteiger partial charge in [-0.15, -0.1) is 0 Å². The molecule has 0 unspecified atom stereocenters. The van der Waals surface area contributed by atoms with Crippen molar-refractivity contribution in [2.45, 2.75) is 0 Å². The van der Waals surface area contributed by atoms with E-state index < -0.39 is 34.6 Å². The van der Waals surface area contributed by atoms with Crippen LogP contribution < -0.4 is 10.2 Å². The Hall–Kier alpha value is -2.16. The van der Waals surface area contributed by atoms with E-state index in [1.54, 1.807) is 0 Å². The first-order valence-corrected chi connectivity index (χ1v) is 5.69. The van der Waals surface area contributed by atoms with E-state index in [1.165, 1.54) is 12.1 Å². The van der Waals surface area contributed by atoms with E-state index in [2.05, 4.69) is 0 Å². The Labute approximate surface area is 159 Å². The summed E-state index contributed by atoms with van der Waals surface area (Å²) in [5, 5.41) is 55.7. The quantitative estimate of drug-likeness (QED) is 0.379. The third-order valence-corrected chi connectivity index (χ3v) is 2.40. The van der Waals surface area contributed by atoms with Gasteiger partial charge < -0.3 is 40.2 Å². The molecule has 0 aromatic heterocycles. The van der Waals surface area contributed by atoms with Crippen molar-refractivity contribution in [3.8, 4) is 23.0 Å². The summed E-state index contributed by atoms with van der Waals surface area (Å²) in [6, 6.07) is 6.37. The average Bonchev–Trinajstić information content (AvgIpc) is 2.44. The fourth-order valence-corrected chi connectivity index (χ4v) is 1.38. The summed E-state index contributed by atoms with van der Waals surface area (Å²) in [4.78, 5) is 20.4. The number of phenols is 4. The standard InChI is InChI=1S/2C7H6O4.Ca/c2*8-4-1-2-6(9)5(3-4)7(10)11;/h2*1-3,8-9H,(H,10,11);/q;;+2/p-2. The summed E-state index contributed by atoms with van der Waals surface area (Å²) < 4.78 is 0. The van der Waals surface area contributed by atoms with Crippen LogP contribution in [0.25, 0.3) is 0 Å². The van der Waals surface area contributed by atoms with Gasteiger partial charge in [-0.05, 0) is 36.4 Å². The van der Waals surface area contributed by atoms with Gasteiger partial charge in [0, 0.05) is 11.1 Å². The molecule has 0 bridgehead atoms. The molecule has 0 aliphatic carbocycles. The summed E-state index contributed by atoms with van der Waals surface area (Å²) in [5.41, 5.74) is -0.824. The van der Waals surface area contributed by atoms with Crippen molar-refractivity contribution < 1.29 is 40.2 Å². The first-order chi connectivity index (χ1) is 10.2. The molecule has 8 nitrogen and oxygen atoms in total. The third kappa shape index (κ3) is 6.23. The van der Waals surface area contributed by atoms with Crippen LogP contribution in [0.15, 0.2) is 36.4 Å². The van der Waals surface area contributed by atoms with E-state index in [-0.39, 0.29) is 49.2 Å². The van der Waals surface area contributed by atoms with Crippen LogP contribution in [-0.4, -0.2) is 70.1 Å². The molecule has 116 valence electrons.